The van der Waals surface area contributed by atoms with Crippen LogP contribution in [0.4, 0.5) is 0 Å². The highest BCUT2D eigenvalue weighted by Crippen LogP contribution is 1.78. The van der Waals surface area contributed by atoms with E-state index in [1.807, 2.05) is 0 Å². The Kier molecular flexibility index (Phi) is 3.10. The highest BCUT2D eigenvalue weighted by Gasteiger charge is 1.87. The van der Waals surface area contributed by atoms with Crippen molar-refractivity contribution in [3.8, 4) is 0 Å². The van der Waals surface area contributed by atoms with Crippen LogP contribution in [0.3, 0.4) is 0 Å². The van der Waals surface area contributed by atoms with Gasteiger partial charge in [-0.15, -0.1) is 0 Å². The first-order valence-electron chi connectivity index (χ1n) is 2.72. The summed E-state index contributed by atoms with van der Waals surface area (Å²) in [6.07, 6.45) is 0. The standard InChI is InChI=1S/C5H11N5/c1-3(6)9-5(8)10-4(2)7/h1-2H3,(H5,6,7,8,9,10). The maximum absolute atomic E-state index is 7.01. The molecule has 0 aliphatic rings. The van der Waals surface area contributed by atoms with E-state index in [1.165, 1.54) is 0 Å². The maximum atomic E-state index is 7.01. The van der Waals surface area contributed by atoms with Crippen LogP contribution in [0.1, 0.15) is 13.8 Å². The summed E-state index contributed by atoms with van der Waals surface area (Å²) in [6.45, 7) is 3.16. The molecule has 0 aromatic heterocycles. The van der Waals surface area contributed by atoms with Crippen molar-refractivity contribution < 1.29 is 0 Å². The van der Waals surface area contributed by atoms with Gasteiger partial charge in [-0.05, 0) is 13.8 Å². The molecule has 10 heavy (non-hydrogen) atoms. The van der Waals surface area contributed by atoms with Crippen LogP contribution in [-0.2, 0) is 0 Å². The minimum atomic E-state index is -0.167. The fourth-order valence-electron chi connectivity index (χ4n) is 0.359. The number of rotatable bonds is 0. The van der Waals surface area contributed by atoms with E-state index >= 15 is 0 Å². The molecule has 0 heterocycles. The quantitative estimate of drug-likeness (QED) is 0.318. The topological polar surface area (TPSA) is 101 Å². The number of amidine groups is 2. The normalized spacial score (nSPS) is 13.4. The minimum Gasteiger partial charge on any atom is -0.387 e. The molecule has 0 bridgehead atoms. The van der Waals surface area contributed by atoms with Crippen LogP contribution in [0.25, 0.3) is 0 Å². The van der Waals surface area contributed by atoms with Crippen LogP contribution in [0.15, 0.2) is 9.98 Å². The molecule has 0 rings (SSSR count). The van der Waals surface area contributed by atoms with Gasteiger partial charge in [0, 0.05) is 0 Å². The number of hydrogen-bond acceptors (Lipinski definition) is 1. The molecule has 0 atom stereocenters. The number of hydrogen-bond donors (Lipinski definition) is 3. The summed E-state index contributed by atoms with van der Waals surface area (Å²) >= 11 is 0. The molecule has 0 fully saturated rings. The first-order valence-corrected chi connectivity index (χ1v) is 2.72. The molecule has 0 aliphatic heterocycles. The number of nitrogens with zero attached hydrogens (tertiary/aromatic N) is 2. The van der Waals surface area contributed by atoms with Crippen LogP contribution in [0.5, 0.6) is 0 Å². The van der Waals surface area contributed by atoms with Gasteiger partial charge in [0.2, 0.25) is 5.96 Å². The summed E-state index contributed by atoms with van der Waals surface area (Å²) in [7, 11) is 0. The second-order valence-electron chi connectivity index (χ2n) is 1.83. The number of aliphatic imine (C=N–C) groups is 2. The van der Waals surface area contributed by atoms with Crippen molar-refractivity contribution in [1.29, 1.82) is 5.41 Å². The lowest BCUT2D eigenvalue weighted by Crippen LogP contribution is -2.11. The largest absolute Gasteiger partial charge is 0.387 e. The number of nitrogens with two attached hydrogens (primary N) is 2. The van der Waals surface area contributed by atoms with E-state index < -0.39 is 0 Å². The number of nitrogens with one attached hydrogen (secondary N) is 1. The second kappa shape index (κ2) is 3.60. The van der Waals surface area contributed by atoms with Crippen molar-refractivity contribution in [3.63, 3.8) is 0 Å². The van der Waals surface area contributed by atoms with Crippen LogP contribution in [0.2, 0.25) is 0 Å². The van der Waals surface area contributed by atoms with Gasteiger partial charge >= 0.3 is 0 Å². The van der Waals surface area contributed by atoms with Gasteiger partial charge in [-0.2, -0.15) is 9.98 Å². The smallest absolute Gasteiger partial charge is 0.245 e. The molecular formula is C5H11N5. The van der Waals surface area contributed by atoms with Gasteiger partial charge in [-0.3, -0.25) is 5.41 Å². The Hall–Kier alpha value is -1.39. The van der Waals surface area contributed by atoms with E-state index in [2.05, 4.69) is 9.98 Å². The first kappa shape index (κ1) is 8.61. The van der Waals surface area contributed by atoms with Crippen molar-refractivity contribution in [1.82, 2.24) is 0 Å². The Bertz CT molecular complexity index is 162. The first-order chi connectivity index (χ1) is 4.52. The van der Waals surface area contributed by atoms with E-state index in [9.17, 15) is 0 Å². The molecule has 0 aliphatic carbocycles. The van der Waals surface area contributed by atoms with Crippen LogP contribution < -0.4 is 11.5 Å². The molecule has 0 unspecified atom stereocenters. The van der Waals surface area contributed by atoms with E-state index in [4.69, 9.17) is 16.9 Å². The Morgan fingerprint density at radius 2 is 1.40 bits per heavy atom. The maximum Gasteiger partial charge on any atom is 0.245 e. The van der Waals surface area contributed by atoms with Gasteiger partial charge in [0.1, 0.15) is 0 Å². The summed E-state index contributed by atoms with van der Waals surface area (Å²) in [5, 5.41) is 7.01. The SMILES string of the molecule is C/C(N)=N/C(=N)/N=C(\C)N. The molecule has 0 aromatic rings. The molecule has 0 radical (unpaired) electrons. The highest BCUT2D eigenvalue weighted by atomic mass is 15.1. The third-order valence-corrected chi connectivity index (χ3v) is 0.565. The summed E-state index contributed by atoms with van der Waals surface area (Å²) in [4.78, 5) is 7.06. The lowest BCUT2D eigenvalue weighted by atomic mass is 10.7. The average Bonchev–Trinajstić information content (AvgIpc) is 1.58. The monoisotopic (exact) mass is 141 g/mol. The summed E-state index contributed by atoms with van der Waals surface area (Å²) in [5.41, 5.74) is 10.3. The van der Waals surface area contributed by atoms with Crippen molar-refractivity contribution in [2.75, 3.05) is 0 Å². The Balaban J connectivity index is 4.14. The lowest BCUT2D eigenvalue weighted by molar-refractivity contribution is 1.34. The van der Waals surface area contributed by atoms with E-state index in [1.54, 1.807) is 13.8 Å². The van der Waals surface area contributed by atoms with Gasteiger partial charge in [0.15, 0.2) is 0 Å². The van der Waals surface area contributed by atoms with Crippen molar-refractivity contribution in [2.45, 2.75) is 13.8 Å². The molecule has 5 N–H and O–H groups in total. The predicted molar refractivity (Wildman–Crippen MR) is 42.3 cm³/mol. The van der Waals surface area contributed by atoms with Crippen molar-refractivity contribution in [2.24, 2.45) is 21.5 Å². The van der Waals surface area contributed by atoms with Crippen molar-refractivity contribution >= 4 is 17.6 Å². The van der Waals surface area contributed by atoms with E-state index in [0.29, 0.717) is 11.7 Å². The number of guanidine groups is 1. The molecule has 0 saturated carbocycles. The lowest BCUT2D eigenvalue weighted by Gasteiger charge is -1.90. The molecular weight excluding hydrogens is 130 g/mol. The van der Waals surface area contributed by atoms with Crippen LogP contribution in [0, 0.1) is 5.41 Å². The zero-order valence-corrected chi connectivity index (χ0v) is 6.05. The summed E-state index contributed by atoms with van der Waals surface area (Å²) < 4.78 is 0. The van der Waals surface area contributed by atoms with Crippen LogP contribution >= 0.6 is 0 Å². The zero-order valence-electron chi connectivity index (χ0n) is 6.05. The van der Waals surface area contributed by atoms with Gasteiger partial charge < -0.3 is 11.5 Å². The minimum absolute atomic E-state index is 0.167. The van der Waals surface area contributed by atoms with Gasteiger partial charge in [0.25, 0.3) is 0 Å². The molecule has 5 heteroatoms. The zero-order chi connectivity index (χ0) is 8.15. The Morgan fingerprint density at radius 1 is 1.10 bits per heavy atom. The van der Waals surface area contributed by atoms with E-state index in [0.717, 1.165) is 0 Å². The molecule has 0 aromatic carbocycles. The fourth-order valence-corrected chi connectivity index (χ4v) is 0.359. The molecule has 5 nitrogen and oxygen atoms in total. The molecule has 0 spiro atoms. The molecule has 56 valence electrons. The third kappa shape index (κ3) is 4.76. The predicted octanol–water partition coefficient (Wildman–Crippen LogP) is -0.325. The summed E-state index contributed by atoms with van der Waals surface area (Å²) in [5.74, 6) is 0.435. The highest BCUT2D eigenvalue weighted by molar-refractivity contribution is 5.98. The fraction of sp³-hybridized carbons (Fsp3) is 0.400. The molecule has 0 amide bonds. The van der Waals surface area contributed by atoms with Gasteiger partial charge in [-0.25, -0.2) is 0 Å². The Labute approximate surface area is 59.4 Å². The molecule has 0 saturated heterocycles. The van der Waals surface area contributed by atoms with E-state index in [-0.39, 0.29) is 5.96 Å². The summed E-state index contributed by atoms with van der Waals surface area (Å²) in [6, 6.07) is 0. The van der Waals surface area contributed by atoms with Gasteiger partial charge in [-0.1, -0.05) is 0 Å². The van der Waals surface area contributed by atoms with Gasteiger partial charge in [0.05, 0.1) is 11.7 Å². The average molecular weight is 141 g/mol. The third-order valence-electron chi connectivity index (χ3n) is 0.565. The Morgan fingerprint density at radius 3 is 1.60 bits per heavy atom. The van der Waals surface area contributed by atoms with Crippen LogP contribution in [-0.4, -0.2) is 17.6 Å². The second-order valence-corrected chi connectivity index (χ2v) is 1.83. The van der Waals surface area contributed by atoms with Crippen molar-refractivity contribution in [3.05, 3.63) is 0 Å².